The van der Waals surface area contributed by atoms with E-state index in [1.807, 2.05) is 72.8 Å². The zero-order valence-electron chi connectivity index (χ0n) is 23.9. The molecule has 1 fully saturated rings. The van der Waals surface area contributed by atoms with Gasteiger partial charge in [-0.25, -0.2) is 9.69 Å². The normalized spacial score (nSPS) is 14.1. The molecule has 6 rings (SSSR count). The molecule has 1 aliphatic heterocycles. The first-order valence-corrected chi connectivity index (χ1v) is 14.0. The number of hydrogen-bond donors (Lipinski definition) is 1. The van der Waals surface area contributed by atoms with Crippen molar-refractivity contribution in [1.29, 1.82) is 0 Å². The van der Waals surface area contributed by atoms with Crippen molar-refractivity contribution in [2.75, 3.05) is 12.0 Å². The van der Waals surface area contributed by atoms with Crippen molar-refractivity contribution in [3.05, 3.63) is 138 Å². The van der Waals surface area contributed by atoms with E-state index in [9.17, 15) is 14.4 Å². The monoisotopic (exact) mass is 584 g/mol. The lowest BCUT2D eigenvalue weighted by Crippen LogP contribution is -2.54. The Hall–Kier alpha value is -5.89. The fourth-order valence-corrected chi connectivity index (χ4v) is 4.94. The quantitative estimate of drug-likeness (QED) is 0.154. The van der Waals surface area contributed by atoms with Gasteiger partial charge >= 0.3 is 6.03 Å². The molecule has 1 N–H and O–H groups in total. The molecule has 0 bridgehead atoms. The second kappa shape index (κ2) is 12.5. The first kappa shape index (κ1) is 28.2. The van der Waals surface area contributed by atoms with Crippen LogP contribution in [0.5, 0.6) is 17.2 Å². The van der Waals surface area contributed by atoms with Crippen molar-refractivity contribution in [2.24, 2.45) is 0 Å². The predicted molar refractivity (Wildman–Crippen MR) is 167 cm³/mol. The Labute approximate surface area is 254 Å². The van der Waals surface area contributed by atoms with Crippen LogP contribution < -0.4 is 24.4 Å². The van der Waals surface area contributed by atoms with Gasteiger partial charge in [0, 0.05) is 11.6 Å². The summed E-state index contributed by atoms with van der Waals surface area (Å²) < 4.78 is 17.4. The fourth-order valence-electron chi connectivity index (χ4n) is 4.94. The Morgan fingerprint density at radius 2 is 1.45 bits per heavy atom. The van der Waals surface area contributed by atoms with Gasteiger partial charge < -0.3 is 14.2 Å². The Kier molecular flexibility index (Phi) is 8.05. The van der Waals surface area contributed by atoms with Crippen molar-refractivity contribution in [2.45, 2.75) is 13.2 Å². The molecule has 0 spiro atoms. The number of rotatable bonds is 9. The third kappa shape index (κ3) is 6.00. The summed E-state index contributed by atoms with van der Waals surface area (Å²) in [5, 5.41) is 4.42. The molecule has 0 radical (unpaired) electrons. The van der Waals surface area contributed by atoms with Crippen molar-refractivity contribution in [1.82, 2.24) is 5.32 Å². The number of carbonyl (C=O) groups excluding carboxylic acids is 3. The van der Waals surface area contributed by atoms with E-state index in [1.54, 1.807) is 49.6 Å². The smallest absolute Gasteiger partial charge is 0.335 e. The third-order valence-corrected chi connectivity index (χ3v) is 7.23. The van der Waals surface area contributed by atoms with Gasteiger partial charge in [0.15, 0.2) is 0 Å². The van der Waals surface area contributed by atoms with Gasteiger partial charge in [-0.2, -0.15) is 0 Å². The molecule has 0 saturated carbocycles. The maximum absolute atomic E-state index is 13.6. The van der Waals surface area contributed by atoms with Crippen LogP contribution in [-0.2, 0) is 22.8 Å². The fraction of sp³-hybridized carbons (Fsp3) is 0.0833. The molecular weight excluding hydrogens is 556 g/mol. The predicted octanol–water partition coefficient (Wildman–Crippen LogP) is 6.67. The highest BCUT2D eigenvalue weighted by molar-refractivity contribution is 6.39. The number of imide groups is 2. The molecule has 0 atom stereocenters. The zero-order chi connectivity index (χ0) is 30.5. The summed E-state index contributed by atoms with van der Waals surface area (Å²) in [7, 11) is 1.54. The number of anilines is 1. The molecule has 218 valence electrons. The molecule has 8 nitrogen and oxygen atoms in total. The number of methoxy groups -OCH3 is 1. The number of barbiturate groups is 1. The van der Waals surface area contributed by atoms with Gasteiger partial charge in [-0.05, 0) is 64.4 Å². The van der Waals surface area contributed by atoms with E-state index < -0.39 is 17.8 Å². The molecule has 0 unspecified atom stereocenters. The molecule has 4 amide bonds. The van der Waals surface area contributed by atoms with Crippen LogP contribution in [0.15, 0.2) is 121 Å². The molecule has 0 aliphatic carbocycles. The second-order valence-corrected chi connectivity index (χ2v) is 10.1. The number of nitrogens with one attached hydrogen (secondary N) is 1. The molecule has 5 aromatic rings. The number of ether oxygens (including phenoxy) is 3. The van der Waals surface area contributed by atoms with Gasteiger partial charge in [0.25, 0.3) is 11.8 Å². The topological polar surface area (TPSA) is 94.2 Å². The number of urea groups is 1. The van der Waals surface area contributed by atoms with Gasteiger partial charge in [0.1, 0.15) is 36.0 Å². The summed E-state index contributed by atoms with van der Waals surface area (Å²) in [4.78, 5) is 40.2. The van der Waals surface area contributed by atoms with Gasteiger partial charge in [-0.1, -0.05) is 72.8 Å². The lowest BCUT2D eigenvalue weighted by molar-refractivity contribution is -0.122. The molecule has 8 heteroatoms. The van der Waals surface area contributed by atoms with E-state index in [-0.39, 0.29) is 12.2 Å². The van der Waals surface area contributed by atoms with E-state index in [0.717, 1.165) is 26.8 Å². The Balaban J connectivity index is 1.25. The van der Waals surface area contributed by atoms with Crippen LogP contribution >= 0.6 is 0 Å². The molecule has 1 heterocycles. The van der Waals surface area contributed by atoms with Crippen molar-refractivity contribution in [3.63, 3.8) is 0 Å². The van der Waals surface area contributed by atoms with Crippen molar-refractivity contribution in [3.8, 4) is 17.2 Å². The van der Waals surface area contributed by atoms with Crippen LogP contribution in [0.3, 0.4) is 0 Å². The van der Waals surface area contributed by atoms with E-state index in [1.165, 1.54) is 6.08 Å². The van der Waals surface area contributed by atoms with Crippen LogP contribution in [0.4, 0.5) is 10.5 Å². The van der Waals surface area contributed by atoms with Gasteiger partial charge in [-0.3, -0.25) is 14.9 Å². The van der Waals surface area contributed by atoms with Crippen LogP contribution in [0.1, 0.15) is 16.7 Å². The second-order valence-electron chi connectivity index (χ2n) is 10.1. The van der Waals surface area contributed by atoms with E-state index in [2.05, 4.69) is 5.32 Å². The van der Waals surface area contributed by atoms with Gasteiger partial charge in [0.2, 0.25) is 0 Å². The third-order valence-electron chi connectivity index (χ3n) is 7.23. The number of carbonyl (C=O) groups is 3. The number of fused-ring (bicyclic) bond motifs is 1. The van der Waals surface area contributed by atoms with Crippen LogP contribution in [0.2, 0.25) is 0 Å². The minimum absolute atomic E-state index is 0.214. The van der Waals surface area contributed by atoms with E-state index >= 15 is 0 Å². The minimum atomic E-state index is -0.836. The summed E-state index contributed by atoms with van der Waals surface area (Å²) in [6.45, 7) is 0.617. The average molecular weight is 585 g/mol. The van der Waals surface area contributed by atoms with Gasteiger partial charge in [0.05, 0.1) is 12.8 Å². The van der Waals surface area contributed by atoms with Crippen LogP contribution in [0.25, 0.3) is 16.8 Å². The summed E-state index contributed by atoms with van der Waals surface area (Å²) in [6.07, 6.45) is 1.42. The minimum Gasteiger partial charge on any atom is -0.497 e. The summed E-state index contributed by atoms with van der Waals surface area (Å²) in [5.41, 5.74) is 2.54. The van der Waals surface area contributed by atoms with E-state index in [0.29, 0.717) is 35.1 Å². The van der Waals surface area contributed by atoms with Crippen LogP contribution in [-0.4, -0.2) is 25.0 Å². The lowest BCUT2D eigenvalue weighted by atomic mass is 10.0. The number of nitrogens with zero attached hydrogens (tertiary/aromatic N) is 1. The van der Waals surface area contributed by atoms with E-state index in [4.69, 9.17) is 14.2 Å². The molecule has 1 saturated heterocycles. The molecule has 5 aromatic carbocycles. The van der Waals surface area contributed by atoms with Gasteiger partial charge in [-0.15, -0.1) is 0 Å². The SMILES string of the molecule is COc1ccc(/C=C2\C(=O)NC(=O)N(c3ccc(OCc4ccccc4)cc3)C2=O)c(OCc2cccc3ccccc23)c1. The maximum Gasteiger partial charge on any atom is 0.335 e. The molecular formula is C36H28N2O6. The Morgan fingerprint density at radius 3 is 2.25 bits per heavy atom. The highest BCUT2D eigenvalue weighted by Gasteiger charge is 2.37. The zero-order valence-corrected chi connectivity index (χ0v) is 23.9. The number of benzene rings is 5. The first-order valence-electron chi connectivity index (χ1n) is 14.0. The molecule has 0 aromatic heterocycles. The number of amides is 4. The first-order chi connectivity index (χ1) is 21.5. The number of hydrogen-bond acceptors (Lipinski definition) is 6. The summed E-state index contributed by atoms with van der Waals surface area (Å²) >= 11 is 0. The largest absolute Gasteiger partial charge is 0.497 e. The Morgan fingerprint density at radius 1 is 0.727 bits per heavy atom. The highest BCUT2D eigenvalue weighted by Crippen LogP contribution is 2.31. The summed E-state index contributed by atoms with van der Waals surface area (Å²) in [5.74, 6) is -0.0254. The summed E-state index contributed by atoms with van der Waals surface area (Å²) in [6, 6.07) is 34.5. The Bertz CT molecular complexity index is 1880. The van der Waals surface area contributed by atoms with Crippen molar-refractivity contribution >= 4 is 40.4 Å². The van der Waals surface area contributed by atoms with Crippen LogP contribution in [0, 0.1) is 0 Å². The highest BCUT2D eigenvalue weighted by atomic mass is 16.5. The molecule has 44 heavy (non-hydrogen) atoms. The maximum atomic E-state index is 13.6. The molecule has 1 aliphatic rings. The lowest BCUT2D eigenvalue weighted by Gasteiger charge is -2.26. The average Bonchev–Trinajstić information content (AvgIpc) is 3.06. The standard InChI is InChI=1S/C36H28N2O6/c1-42-30-17-14-26(33(21-30)44-23-27-12-7-11-25-10-5-6-13-31(25)27)20-32-34(39)37-36(41)38(35(32)40)28-15-18-29(19-16-28)43-22-24-8-3-2-4-9-24/h2-21H,22-23H2,1H3,(H,37,39,41)/b32-20+. The van der Waals surface area contributed by atoms with Crippen molar-refractivity contribution < 1.29 is 28.6 Å².